The molecule has 36 heavy (non-hydrogen) atoms. The van der Waals surface area contributed by atoms with E-state index in [4.69, 9.17) is 0 Å². The van der Waals surface area contributed by atoms with Crippen molar-refractivity contribution in [3.05, 3.63) is 65.7 Å². The minimum atomic E-state index is -3.86. The van der Waals surface area contributed by atoms with Gasteiger partial charge in [-0.25, -0.2) is 8.42 Å². The third kappa shape index (κ3) is 7.40. The Morgan fingerprint density at radius 1 is 1.00 bits per heavy atom. The third-order valence-corrected chi connectivity index (χ3v) is 7.68. The van der Waals surface area contributed by atoms with Crippen LogP contribution in [0.2, 0.25) is 0 Å². The number of nitrogens with zero attached hydrogens (tertiary/aromatic N) is 2. The molecule has 1 fully saturated rings. The highest BCUT2D eigenvalue weighted by Gasteiger charge is 2.31. The second kappa shape index (κ2) is 12.2. The van der Waals surface area contributed by atoms with E-state index in [0.29, 0.717) is 5.56 Å². The SMILES string of the molecule is CC(=O)c1cccc(N(CC(=O)N(Cc2ccccc2)C(C)C(=O)NC2CCCCC2)S(C)(=O)=O)c1. The number of Topliss-reactive ketones (excluding diaryl/α,β-unsaturated/α-hetero) is 1. The molecule has 0 bridgehead atoms. The molecule has 2 aromatic carbocycles. The number of nitrogens with one attached hydrogen (secondary N) is 1. The minimum absolute atomic E-state index is 0.0872. The molecular weight excluding hydrogens is 478 g/mol. The largest absolute Gasteiger partial charge is 0.352 e. The van der Waals surface area contributed by atoms with E-state index in [0.717, 1.165) is 48.2 Å². The fourth-order valence-corrected chi connectivity index (χ4v) is 5.27. The van der Waals surface area contributed by atoms with E-state index in [2.05, 4.69) is 5.32 Å². The zero-order chi connectivity index (χ0) is 26.3. The molecule has 1 atom stereocenters. The Bertz CT molecular complexity index is 1180. The van der Waals surface area contributed by atoms with Crippen molar-refractivity contribution >= 4 is 33.3 Å². The van der Waals surface area contributed by atoms with Crippen molar-refractivity contribution in [1.29, 1.82) is 0 Å². The van der Waals surface area contributed by atoms with Crippen LogP contribution < -0.4 is 9.62 Å². The monoisotopic (exact) mass is 513 g/mol. The number of hydrogen-bond donors (Lipinski definition) is 1. The van der Waals surface area contributed by atoms with Crippen LogP contribution in [-0.4, -0.2) is 55.8 Å². The van der Waals surface area contributed by atoms with Crippen molar-refractivity contribution < 1.29 is 22.8 Å². The number of hydrogen-bond acceptors (Lipinski definition) is 5. The van der Waals surface area contributed by atoms with Crippen LogP contribution in [0.5, 0.6) is 0 Å². The van der Waals surface area contributed by atoms with Crippen LogP contribution in [0.4, 0.5) is 5.69 Å². The van der Waals surface area contributed by atoms with Gasteiger partial charge >= 0.3 is 0 Å². The van der Waals surface area contributed by atoms with E-state index in [1.165, 1.54) is 17.9 Å². The summed E-state index contributed by atoms with van der Waals surface area (Å²) >= 11 is 0. The highest BCUT2D eigenvalue weighted by Crippen LogP contribution is 2.22. The number of ketones is 1. The van der Waals surface area contributed by atoms with Gasteiger partial charge in [0.25, 0.3) is 0 Å². The second-order valence-electron chi connectivity index (χ2n) is 9.40. The van der Waals surface area contributed by atoms with Crippen LogP contribution in [0, 0.1) is 0 Å². The molecular formula is C27H35N3O5S. The van der Waals surface area contributed by atoms with Crippen LogP contribution in [0.15, 0.2) is 54.6 Å². The predicted molar refractivity (Wildman–Crippen MR) is 140 cm³/mol. The Labute approximate surface area is 213 Å². The van der Waals surface area contributed by atoms with E-state index in [1.54, 1.807) is 25.1 Å². The number of carbonyl (C=O) groups excluding carboxylic acids is 3. The Morgan fingerprint density at radius 3 is 2.28 bits per heavy atom. The van der Waals surface area contributed by atoms with Gasteiger partial charge in [-0.05, 0) is 44.4 Å². The number of anilines is 1. The average Bonchev–Trinajstić information content (AvgIpc) is 2.86. The fraction of sp³-hybridized carbons (Fsp3) is 0.444. The molecule has 3 rings (SSSR count). The Kier molecular flexibility index (Phi) is 9.25. The molecule has 0 aromatic heterocycles. The Morgan fingerprint density at radius 2 is 1.67 bits per heavy atom. The van der Waals surface area contributed by atoms with E-state index in [9.17, 15) is 22.8 Å². The van der Waals surface area contributed by atoms with Crippen LogP contribution >= 0.6 is 0 Å². The molecule has 9 heteroatoms. The number of rotatable bonds is 10. The van der Waals surface area contributed by atoms with Gasteiger partial charge in [-0.1, -0.05) is 61.7 Å². The maximum Gasteiger partial charge on any atom is 0.244 e. The maximum atomic E-state index is 13.6. The number of benzene rings is 2. The molecule has 0 saturated heterocycles. The van der Waals surface area contributed by atoms with Crippen molar-refractivity contribution in [3.8, 4) is 0 Å². The van der Waals surface area contributed by atoms with Gasteiger partial charge in [0.2, 0.25) is 21.8 Å². The summed E-state index contributed by atoms with van der Waals surface area (Å²) in [7, 11) is -3.86. The summed E-state index contributed by atoms with van der Waals surface area (Å²) in [5, 5.41) is 3.07. The number of sulfonamides is 1. The Balaban J connectivity index is 1.87. The first-order chi connectivity index (χ1) is 17.1. The maximum absolute atomic E-state index is 13.6. The molecule has 0 radical (unpaired) electrons. The third-order valence-electron chi connectivity index (χ3n) is 6.53. The molecule has 0 spiro atoms. The molecule has 1 aliphatic carbocycles. The zero-order valence-corrected chi connectivity index (χ0v) is 22.0. The van der Waals surface area contributed by atoms with Crippen molar-refractivity contribution in [2.45, 2.75) is 64.6 Å². The summed E-state index contributed by atoms with van der Waals surface area (Å²) < 4.78 is 26.4. The zero-order valence-electron chi connectivity index (χ0n) is 21.1. The smallest absolute Gasteiger partial charge is 0.244 e. The molecule has 2 aromatic rings. The molecule has 1 N–H and O–H groups in total. The van der Waals surface area contributed by atoms with Crippen LogP contribution in [0.25, 0.3) is 0 Å². The van der Waals surface area contributed by atoms with E-state index < -0.39 is 28.5 Å². The van der Waals surface area contributed by atoms with Crippen molar-refractivity contribution in [3.63, 3.8) is 0 Å². The summed E-state index contributed by atoms with van der Waals surface area (Å²) in [5.41, 5.74) is 1.39. The first kappa shape index (κ1) is 27.4. The van der Waals surface area contributed by atoms with Gasteiger partial charge < -0.3 is 10.2 Å². The van der Waals surface area contributed by atoms with Gasteiger partial charge in [0, 0.05) is 18.2 Å². The second-order valence-corrected chi connectivity index (χ2v) is 11.3. The fourth-order valence-electron chi connectivity index (χ4n) is 4.43. The highest BCUT2D eigenvalue weighted by atomic mass is 32.2. The quantitative estimate of drug-likeness (QED) is 0.490. The number of amides is 2. The molecule has 194 valence electrons. The molecule has 8 nitrogen and oxygen atoms in total. The lowest BCUT2D eigenvalue weighted by molar-refractivity contribution is -0.139. The van der Waals surface area contributed by atoms with Crippen LogP contribution in [-0.2, 0) is 26.2 Å². The molecule has 0 aliphatic heterocycles. The standard InChI is InChI=1S/C27H35N3O5S/c1-20(27(33)28-24-14-8-5-9-15-24)29(18-22-11-6-4-7-12-22)26(32)19-30(36(3,34)35)25-16-10-13-23(17-25)21(2)31/h4,6-7,10-13,16-17,20,24H,5,8-9,14-15,18-19H2,1-3H3,(H,28,33). The number of carbonyl (C=O) groups is 3. The van der Waals surface area contributed by atoms with Crippen molar-refractivity contribution in [2.24, 2.45) is 0 Å². The normalized spacial score (nSPS) is 15.1. The van der Waals surface area contributed by atoms with Gasteiger partial charge in [-0.3, -0.25) is 18.7 Å². The summed E-state index contributed by atoms with van der Waals surface area (Å²) in [6.45, 7) is 2.72. The molecule has 2 amide bonds. The summed E-state index contributed by atoms with van der Waals surface area (Å²) in [4.78, 5) is 40.0. The van der Waals surface area contributed by atoms with Gasteiger partial charge in [0.05, 0.1) is 11.9 Å². The van der Waals surface area contributed by atoms with Gasteiger partial charge in [0.1, 0.15) is 12.6 Å². The first-order valence-electron chi connectivity index (χ1n) is 12.3. The van der Waals surface area contributed by atoms with Crippen molar-refractivity contribution in [2.75, 3.05) is 17.1 Å². The van der Waals surface area contributed by atoms with Gasteiger partial charge in [-0.2, -0.15) is 0 Å². The van der Waals surface area contributed by atoms with Crippen molar-refractivity contribution in [1.82, 2.24) is 10.2 Å². The van der Waals surface area contributed by atoms with E-state index >= 15 is 0 Å². The molecule has 1 saturated carbocycles. The van der Waals surface area contributed by atoms with E-state index in [-0.39, 0.29) is 30.0 Å². The summed E-state index contributed by atoms with van der Waals surface area (Å²) in [5.74, 6) is -0.977. The summed E-state index contributed by atoms with van der Waals surface area (Å²) in [6.07, 6.45) is 6.14. The molecule has 1 unspecified atom stereocenters. The first-order valence-corrected chi connectivity index (χ1v) is 14.1. The predicted octanol–water partition coefficient (Wildman–Crippen LogP) is 3.52. The lowest BCUT2D eigenvalue weighted by Gasteiger charge is -2.33. The van der Waals surface area contributed by atoms with Gasteiger partial charge in [-0.15, -0.1) is 0 Å². The molecule has 0 heterocycles. The van der Waals surface area contributed by atoms with Gasteiger partial charge in [0.15, 0.2) is 5.78 Å². The molecule has 1 aliphatic rings. The highest BCUT2D eigenvalue weighted by molar-refractivity contribution is 7.92. The average molecular weight is 514 g/mol. The Hall–Kier alpha value is -3.20. The lowest BCUT2D eigenvalue weighted by atomic mass is 9.95. The lowest BCUT2D eigenvalue weighted by Crippen LogP contribution is -2.52. The van der Waals surface area contributed by atoms with Crippen LogP contribution in [0.1, 0.15) is 61.9 Å². The topological polar surface area (TPSA) is 104 Å². The minimum Gasteiger partial charge on any atom is -0.352 e. The summed E-state index contributed by atoms with van der Waals surface area (Å²) in [6, 6.07) is 14.7. The van der Waals surface area contributed by atoms with E-state index in [1.807, 2.05) is 30.3 Å². The van der Waals surface area contributed by atoms with Crippen LogP contribution in [0.3, 0.4) is 0 Å².